The van der Waals surface area contributed by atoms with Crippen LogP contribution in [0.25, 0.3) is 10.9 Å². The number of aromatic amines is 1. The second-order valence-electron chi connectivity index (χ2n) is 5.35. The van der Waals surface area contributed by atoms with Gasteiger partial charge in [-0.1, -0.05) is 25.1 Å². The van der Waals surface area contributed by atoms with Crippen LogP contribution in [-0.2, 0) is 0 Å². The number of nitrogens with one attached hydrogen (secondary N) is 2. The highest BCUT2D eigenvalue weighted by Gasteiger charge is 2.22. The van der Waals surface area contributed by atoms with E-state index < -0.39 is 0 Å². The van der Waals surface area contributed by atoms with Crippen LogP contribution in [0.15, 0.2) is 30.5 Å². The smallest absolute Gasteiger partial charge is 0.0457 e. The molecule has 1 saturated heterocycles. The van der Waals surface area contributed by atoms with Crippen molar-refractivity contribution in [2.24, 2.45) is 0 Å². The van der Waals surface area contributed by atoms with Crippen LogP contribution in [-0.4, -0.2) is 36.1 Å². The molecule has 1 fully saturated rings. The number of hydrogen-bond acceptors (Lipinski definition) is 2. The fourth-order valence-corrected chi connectivity index (χ4v) is 3.22. The molecular formula is C16H23N3. The molecule has 2 heterocycles. The molecule has 1 aliphatic heterocycles. The maximum Gasteiger partial charge on any atom is 0.0457 e. The van der Waals surface area contributed by atoms with Crippen molar-refractivity contribution in [3.05, 3.63) is 36.0 Å². The molecule has 0 radical (unpaired) electrons. The number of nitrogens with zero attached hydrogens (tertiary/aromatic N) is 1. The van der Waals surface area contributed by atoms with E-state index in [9.17, 15) is 0 Å². The highest BCUT2D eigenvalue weighted by atomic mass is 15.2. The van der Waals surface area contributed by atoms with Crippen molar-refractivity contribution in [3.8, 4) is 0 Å². The lowest BCUT2D eigenvalue weighted by atomic mass is 10.0. The normalized spacial score (nSPS) is 19.4. The number of rotatable bonds is 3. The predicted octanol–water partition coefficient (Wildman–Crippen LogP) is 2.91. The molecule has 0 aliphatic carbocycles. The molecule has 0 bridgehead atoms. The van der Waals surface area contributed by atoms with Gasteiger partial charge >= 0.3 is 0 Å². The first kappa shape index (κ1) is 12.7. The number of para-hydroxylation sites is 1. The van der Waals surface area contributed by atoms with E-state index >= 15 is 0 Å². The molecule has 102 valence electrons. The van der Waals surface area contributed by atoms with Gasteiger partial charge in [-0.2, -0.15) is 0 Å². The molecule has 1 aromatic carbocycles. The Morgan fingerprint density at radius 1 is 1.21 bits per heavy atom. The van der Waals surface area contributed by atoms with Crippen molar-refractivity contribution >= 4 is 10.9 Å². The first-order chi connectivity index (χ1) is 9.40. The lowest BCUT2D eigenvalue weighted by molar-refractivity contribution is 0.206. The summed E-state index contributed by atoms with van der Waals surface area (Å²) < 4.78 is 0. The van der Waals surface area contributed by atoms with E-state index in [4.69, 9.17) is 0 Å². The molecule has 19 heavy (non-hydrogen) atoms. The molecule has 3 rings (SSSR count). The van der Waals surface area contributed by atoms with Gasteiger partial charge < -0.3 is 10.3 Å². The molecule has 0 saturated carbocycles. The van der Waals surface area contributed by atoms with Gasteiger partial charge in [-0.15, -0.1) is 0 Å². The van der Waals surface area contributed by atoms with Crippen LogP contribution in [0.1, 0.15) is 31.4 Å². The Balaban J connectivity index is 1.92. The molecular weight excluding hydrogens is 234 g/mol. The minimum atomic E-state index is 0.538. The zero-order chi connectivity index (χ0) is 13.1. The lowest BCUT2D eigenvalue weighted by Crippen LogP contribution is -2.31. The number of hydrogen-bond donors (Lipinski definition) is 2. The van der Waals surface area contributed by atoms with Crippen LogP contribution in [0.5, 0.6) is 0 Å². The van der Waals surface area contributed by atoms with Gasteiger partial charge in [0, 0.05) is 42.8 Å². The second-order valence-corrected chi connectivity index (χ2v) is 5.35. The van der Waals surface area contributed by atoms with E-state index in [-0.39, 0.29) is 0 Å². The molecule has 2 aromatic rings. The summed E-state index contributed by atoms with van der Waals surface area (Å²) in [6.45, 7) is 6.91. The van der Waals surface area contributed by atoms with E-state index in [0.717, 1.165) is 19.6 Å². The fraction of sp³-hybridized carbons (Fsp3) is 0.500. The summed E-state index contributed by atoms with van der Waals surface area (Å²) in [6, 6.07) is 9.17. The van der Waals surface area contributed by atoms with Crippen molar-refractivity contribution in [1.29, 1.82) is 0 Å². The molecule has 3 nitrogen and oxygen atoms in total. The van der Waals surface area contributed by atoms with Crippen molar-refractivity contribution in [3.63, 3.8) is 0 Å². The predicted molar refractivity (Wildman–Crippen MR) is 80.4 cm³/mol. The van der Waals surface area contributed by atoms with Crippen LogP contribution >= 0.6 is 0 Å². The molecule has 1 aromatic heterocycles. The van der Waals surface area contributed by atoms with Crippen LogP contribution in [0.2, 0.25) is 0 Å². The van der Waals surface area contributed by atoms with Crippen molar-refractivity contribution in [2.45, 2.75) is 25.8 Å². The first-order valence-electron chi connectivity index (χ1n) is 7.41. The van der Waals surface area contributed by atoms with Crippen LogP contribution in [0, 0.1) is 0 Å². The van der Waals surface area contributed by atoms with E-state index in [1.807, 2.05) is 0 Å². The molecule has 2 N–H and O–H groups in total. The van der Waals surface area contributed by atoms with E-state index in [0.29, 0.717) is 6.04 Å². The molecule has 0 spiro atoms. The zero-order valence-corrected chi connectivity index (χ0v) is 11.7. The third-order valence-corrected chi connectivity index (χ3v) is 4.18. The maximum absolute atomic E-state index is 3.49. The SMILES string of the molecule is CCC(c1c[nH]c2ccccc12)N1CCCNCC1. The summed E-state index contributed by atoms with van der Waals surface area (Å²) in [6.07, 6.45) is 4.62. The van der Waals surface area contributed by atoms with Crippen molar-refractivity contribution < 1.29 is 0 Å². The zero-order valence-electron chi connectivity index (χ0n) is 11.7. The quantitative estimate of drug-likeness (QED) is 0.886. The van der Waals surface area contributed by atoms with Crippen molar-refractivity contribution in [1.82, 2.24) is 15.2 Å². The molecule has 1 aliphatic rings. The summed E-state index contributed by atoms with van der Waals surface area (Å²) in [5, 5.41) is 4.87. The standard InChI is InChI=1S/C16H23N3/c1-2-16(19-10-5-8-17-9-11-19)14-12-18-15-7-4-3-6-13(14)15/h3-4,6-7,12,16-18H,2,5,8-11H2,1H3. The van der Waals surface area contributed by atoms with Crippen molar-refractivity contribution in [2.75, 3.05) is 26.2 Å². The van der Waals surface area contributed by atoms with Gasteiger partial charge in [0.15, 0.2) is 0 Å². The Morgan fingerprint density at radius 3 is 3.00 bits per heavy atom. The Labute approximate surface area is 115 Å². The summed E-state index contributed by atoms with van der Waals surface area (Å²) in [5.74, 6) is 0. The first-order valence-corrected chi connectivity index (χ1v) is 7.41. The van der Waals surface area contributed by atoms with E-state index in [1.165, 1.54) is 35.9 Å². The highest BCUT2D eigenvalue weighted by Crippen LogP contribution is 2.30. The number of H-pyrrole nitrogens is 1. The maximum atomic E-state index is 3.49. The van der Waals surface area contributed by atoms with Gasteiger partial charge in [0.25, 0.3) is 0 Å². The van der Waals surface area contributed by atoms with Gasteiger partial charge in [0.1, 0.15) is 0 Å². The average molecular weight is 257 g/mol. The third kappa shape index (κ3) is 2.53. The molecule has 0 amide bonds. The third-order valence-electron chi connectivity index (χ3n) is 4.18. The largest absolute Gasteiger partial charge is 0.361 e. The van der Waals surface area contributed by atoms with Gasteiger partial charge in [0.05, 0.1) is 0 Å². The molecule has 1 unspecified atom stereocenters. The Hall–Kier alpha value is -1.32. The summed E-state index contributed by atoms with van der Waals surface area (Å²) in [7, 11) is 0. The van der Waals surface area contributed by atoms with Crippen LogP contribution < -0.4 is 5.32 Å². The summed E-state index contributed by atoms with van der Waals surface area (Å²) in [4.78, 5) is 6.05. The lowest BCUT2D eigenvalue weighted by Gasteiger charge is -2.29. The number of aromatic nitrogens is 1. The highest BCUT2D eigenvalue weighted by molar-refractivity contribution is 5.83. The second kappa shape index (κ2) is 5.76. The van der Waals surface area contributed by atoms with Gasteiger partial charge in [0.2, 0.25) is 0 Å². The minimum absolute atomic E-state index is 0.538. The number of benzene rings is 1. The summed E-state index contributed by atoms with van der Waals surface area (Å²) in [5.41, 5.74) is 2.71. The van der Waals surface area contributed by atoms with Gasteiger partial charge in [-0.3, -0.25) is 4.90 Å². The topological polar surface area (TPSA) is 31.1 Å². The Bertz CT molecular complexity index is 524. The van der Waals surface area contributed by atoms with Gasteiger partial charge in [-0.25, -0.2) is 0 Å². The Morgan fingerprint density at radius 2 is 2.11 bits per heavy atom. The molecule has 1 atom stereocenters. The fourth-order valence-electron chi connectivity index (χ4n) is 3.22. The van der Waals surface area contributed by atoms with E-state index in [1.54, 1.807) is 0 Å². The minimum Gasteiger partial charge on any atom is -0.361 e. The Kier molecular flexibility index (Phi) is 3.85. The van der Waals surface area contributed by atoms with Gasteiger partial charge in [-0.05, 0) is 31.0 Å². The monoisotopic (exact) mass is 257 g/mol. The van der Waals surface area contributed by atoms with E-state index in [2.05, 4.69) is 52.6 Å². The van der Waals surface area contributed by atoms with Crippen LogP contribution in [0.4, 0.5) is 0 Å². The average Bonchev–Trinajstić information content (AvgIpc) is 2.69. The summed E-state index contributed by atoms with van der Waals surface area (Å²) >= 11 is 0. The van der Waals surface area contributed by atoms with Crippen LogP contribution in [0.3, 0.4) is 0 Å². The molecule has 3 heteroatoms. The number of fused-ring (bicyclic) bond motifs is 1.